The molecule has 0 saturated carbocycles. The minimum Gasteiger partial charge on any atom is -0.375 e. The summed E-state index contributed by atoms with van der Waals surface area (Å²) in [5.41, 5.74) is 1.48. The Labute approximate surface area is 76.5 Å². The third-order valence-electron chi connectivity index (χ3n) is 2.78. The molecule has 0 amide bonds. The molecule has 1 aliphatic rings. The first kappa shape index (κ1) is 9.63. The lowest BCUT2D eigenvalue weighted by atomic mass is 9.99. The van der Waals surface area contributed by atoms with Crippen LogP contribution in [0.15, 0.2) is 11.8 Å². The molecule has 1 saturated heterocycles. The van der Waals surface area contributed by atoms with E-state index in [1.807, 2.05) is 0 Å². The minimum atomic E-state index is 0.940. The van der Waals surface area contributed by atoms with Crippen molar-refractivity contribution in [3.8, 4) is 0 Å². The van der Waals surface area contributed by atoms with E-state index in [0.717, 1.165) is 12.3 Å². The van der Waals surface area contributed by atoms with Crippen LogP contribution in [0.5, 0.6) is 0 Å². The van der Waals surface area contributed by atoms with E-state index >= 15 is 0 Å². The van der Waals surface area contributed by atoms with Crippen molar-refractivity contribution in [3.05, 3.63) is 11.8 Å². The van der Waals surface area contributed by atoms with Gasteiger partial charge in [0.15, 0.2) is 0 Å². The Morgan fingerprint density at radius 1 is 1.42 bits per heavy atom. The van der Waals surface area contributed by atoms with Crippen LogP contribution in [0.2, 0.25) is 0 Å². The van der Waals surface area contributed by atoms with E-state index in [0.29, 0.717) is 0 Å². The highest BCUT2D eigenvalue weighted by Gasteiger charge is 2.14. The van der Waals surface area contributed by atoms with Crippen molar-refractivity contribution in [2.75, 3.05) is 13.1 Å². The maximum Gasteiger partial charge on any atom is 0.0177 e. The Bertz CT molecular complexity index is 152. The highest BCUT2D eigenvalue weighted by atomic mass is 15.1. The predicted octanol–water partition coefficient (Wildman–Crippen LogP) is 3.03. The average Bonchev–Trinajstić information content (AvgIpc) is 2.06. The number of rotatable bonds is 2. The first-order valence-corrected chi connectivity index (χ1v) is 5.15. The molecule has 0 radical (unpaired) electrons. The van der Waals surface area contributed by atoms with Crippen LogP contribution in [0.25, 0.3) is 0 Å². The highest BCUT2D eigenvalue weighted by Crippen LogP contribution is 2.19. The Morgan fingerprint density at radius 2 is 2.00 bits per heavy atom. The van der Waals surface area contributed by atoms with E-state index < -0.39 is 0 Å². The molecular weight excluding hydrogens is 146 g/mol. The summed E-state index contributed by atoms with van der Waals surface area (Å²) in [5, 5.41) is 0. The number of allylic oxidation sites excluding steroid dienone is 2. The number of hydrogen-bond donors (Lipinski definition) is 0. The first-order valence-electron chi connectivity index (χ1n) is 5.15. The molecule has 1 nitrogen and oxygen atoms in total. The van der Waals surface area contributed by atoms with Gasteiger partial charge in [-0.2, -0.15) is 0 Å². The van der Waals surface area contributed by atoms with Gasteiger partial charge < -0.3 is 4.90 Å². The lowest BCUT2D eigenvalue weighted by molar-refractivity contribution is 0.237. The van der Waals surface area contributed by atoms with E-state index in [1.165, 1.54) is 31.6 Å². The van der Waals surface area contributed by atoms with E-state index in [-0.39, 0.29) is 0 Å². The van der Waals surface area contributed by atoms with Crippen LogP contribution in [0.4, 0.5) is 0 Å². The monoisotopic (exact) mass is 167 g/mol. The summed E-state index contributed by atoms with van der Waals surface area (Å²) in [7, 11) is 0. The van der Waals surface area contributed by atoms with Gasteiger partial charge in [-0.1, -0.05) is 19.9 Å². The smallest absolute Gasteiger partial charge is 0.0177 e. The van der Waals surface area contributed by atoms with E-state index in [4.69, 9.17) is 0 Å². The van der Waals surface area contributed by atoms with E-state index in [1.54, 1.807) is 0 Å². The molecule has 0 aliphatic carbocycles. The van der Waals surface area contributed by atoms with E-state index in [2.05, 4.69) is 31.7 Å². The summed E-state index contributed by atoms with van der Waals surface area (Å²) in [5.74, 6) is 0.940. The molecule has 1 heteroatoms. The molecular formula is C11H21N. The fraction of sp³-hybridized carbons (Fsp3) is 0.818. The van der Waals surface area contributed by atoms with Crippen molar-refractivity contribution in [2.45, 2.75) is 40.0 Å². The topological polar surface area (TPSA) is 3.24 Å². The summed E-state index contributed by atoms with van der Waals surface area (Å²) >= 11 is 0. The Morgan fingerprint density at radius 3 is 2.50 bits per heavy atom. The molecule has 1 fully saturated rings. The van der Waals surface area contributed by atoms with Crippen molar-refractivity contribution >= 4 is 0 Å². The molecule has 12 heavy (non-hydrogen) atoms. The number of likely N-dealkylation sites (tertiary alicyclic amines) is 1. The van der Waals surface area contributed by atoms with Crippen LogP contribution in [-0.4, -0.2) is 18.0 Å². The van der Waals surface area contributed by atoms with Gasteiger partial charge in [0.05, 0.1) is 0 Å². The van der Waals surface area contributed by atoms with Gasteiger partial charge in [-0.25, -0.2) is 0 Å². The van der Waals surface area contributed by atoms with Crippen molar-refractivity contribution in [1.82, 2.24) is 4.90 Å². The van der Waals surface area contributed by atoms with Crippen molar-refractivity contribution in [1.29, 1.82) is 0 Å². The summed E-state index contributed by atoms with van der Waals surface area (Å²) in [6, 6.07) is 0. The number of nitrogens with zero attached hydrogens (tertiary/aromatic N) is 1. The van der Waals surface area contributed by atoms with Crippen molar-refractivity contribution in [3.63, 3.8) is 0 Å². The van der Waals surface area contributed by atoms with Crippen LogP contribution in [-0.2, 0) is 0 Å². The molecule has 1 rings (SSSR count). The fourth-order valence-corrected chi connectivity index (χ4v) is 1.79. The Kier molecular flexibility index (Phi) is 3.64. The lowest BCUT2D eigenvalue weighted by Gasteiger charge is -2.32. The third-order valence-corrected chi connectivity index (χ3v) is 2.78. The molecule has 0 aromatic carbocycles. The zero-order chi connectivity index (χ0) is 8.97. The Balaban J connectivity index is 2.39. The van der Waals surface area contributed by atoms with E-state index in [9.17, 15) is 0 Å². The molecule has 0 aromatic heterocycles. The summed E-state index contributed by atoms with van der Waals surface area (Å²) in [6.45, 7) is 9.33. The van der Waals surface area contributed by atoms with Crippen LogP contribution in [0, 0.1) is 5.92 Å². The molecule has 70 valence electrons. The van der Waals surface area contributed by atoms with Gasteiger partial charge in [0.25, 0.3) is 0 Å². The standard InChI is InChI=1S/C11H21N/c1-4-5-11(3)12-8-6-10(2)7-9-12/h5,10H,4,6-9H2,1-3H3. The van der Waals surface area contributed by atoms with Gasteiger partial charge in [-0.05, 0) is 32.1 Å². The Hall–Kier alpha value is -0.460. The van der Waals surface area contributed by atoms with Gasteiger partial charge >= 0.3 is 0 Å². The number of piperidine rings is 1. The predicted molar refractivity (Wildman–Crippen MR) is 54.0 cm³/mol. The molecule has 1 heterocycles. The van der Waals surface area contributed by atoms with Gasteiger partial charge in [0.2, 0.25) is 0 Å². The third kappa shape index (κ3) is 2.54. The molecule has 0 aromatic rings. The second kappa shape index (κ2) is 4.54. The molecule has 0 unspecified atom stereocenters. The molecule has 0 spiro atoms. The van der Waals surface area contributed by atoms with Crippen molar-refractivity contribution in [2.24, 2.45) is 5.92 Å². The summed E-state index contributed by atoms with van der Waals surface area (Å²) in [4.78, 5) is 2.52. The normalized spacial score (nSPS) is 21.6. The SMILES string of the molecule is CCC=C(C)N1CCC(C)CC1. The van der Waals surface area contributed by atoms with Crippen molar-refractivity contribution < 1.29 is 0 Å². The van der Waals surface area contributed by atoms with Crippen LogP contribution >= 0.6 is 0 Å². The highest BCUT2D eigenvalue weighted by molar-refractivity contribution is 4.98. The molecule has 0 bridgehead atoms. The quantitative estimate of drug-likeness (QED) is 0.611. The number of hydrogen-bond acceptors (Lipinski definition) is 1. The maximum absolute atomic E-state index is 2.52. The lowest BCUT2D eigenvalue weighted by Crippen LogP contribution is -2.31. The van der Waals surface area contributed by atoms with Gasteiger partial charge in [-0.3, -0.25) is 0 Å². The second-order valence-electron chi connectivity index (χ2n) is 3.92. The fourth-order valence-electron chi connectivity index (χ4n) is 1.79. The molecule has 0 atom stereocenters. The largest absolute Gasteiger partial charge is 0.375 e. The van der Waals surface area contributed by atoms with Gasteiger partial charge in [-0.15, -0.1) is 0 Å². The molecule has 0 N–H and O–H groups in total. The van der Waals surface area contributed by atoms with Crippen LogP contribution in [0.3, 0.4) is 0 Å². The first-order chi connectivity index (χ1) is 5.74. The molecule has 1 aliphatic heterocycles. The summed E-state index contributed by atoms with van der Waals surface area (Å²) in [6.07, 6.45) is 6.23. The average molecular weight is 167 g/mol. The van der Waals surface area contributed by atoms with Crippen LogP contribution in [0.1, 0.15) is 40.0 Å². The van der Waals surface area contributed by atoms with Gasteiger partial charge in [0.1, 0.15) is 0 Å². The maximum atomic E-state index is 2.52. The zero-order valence-electron chi connectivity index (χ0n) is 8.64. The van der Waals surface area contributed by atoms with Gasteiger partial charge in [0, 0.05) is 18.8 Å². The minimum absolute atomic E-state index is 0.940. The summed E-state index contributed by atoms with van der Waals surface area (Å²) < 4.78 is 0. The van der Waals surface area contributed by atoms with Crippen LogP contribution < -0.4 is 0 Å². The second-order valence-corrected chi connectivity index (χ2v) is 3.92. The zero-order valence-corrected chi connectivity index (χ0v) is 8.64.